The van der Waals surface area contributed by atoms with Gasteiger partial charge < -0.3 is 4.74 Å². The number of esters is 1. The van der Waals surface area contributed by atoms with Gasteiger partial charge in [0.1, 0.15) is 0 Å². The van der Waals surface area contributed by atoms with Crippen molar-refractivity contribution in [2.24, 2.45) is 5.92 Å². The molecule has 0 aromatic heterocycles. The van der Waals surface area contributed by atoms with E-state index in [-0.39, 0.29) is 11.9 Å². The zero-order chi connectivity index (χ0) is 12.3. The Morgan fingerprint density at radius 2 is 1.88 bits per heavy atom. The zero-order valence-electron chi connectivity index (χ0n) is 9.99. The summed E-state index contributed by atoms with van der Waals surface area (Å²) in [5.74, 6) is 0.169. The lowest BCUT2D eigenvalue weighted by atomic mass is 9.85. The van der Waals surface area contributed by atoms with Gasteiger partial charge in [-0.1, -0.05) is 36.6 Å². The average Bonchev–Trinajstić information content (AvgIpc) is 2.85. The second kappa shape index (κ2) is 5.54. The minimum absolute atomic E-state index is 0.125. The first-order valence-corrected chi connectivity index (χ1v) is 6.43. The van der Waals surface area contributed by atoms with Crippen molar-refractivity contribution in [2.75, 3.05) is 7.11 Å². The monoisotopic (exact) mass is 252 g/mol. The highest BCUT2D eigenvalue weighted by Crippen LogP contribution is 2.38. The van der Waals surface area contributed by atoms with Crippen LogP contribution < -0.4 is 0 Å². The number of carbonyl (C=O) groups is 1. The number of ether oxygens (including phenoxy) is 1. The van der Waals surface area contributed by atoms with Gasteiger partial charge >= 0.3 is 5.97 Å². The van der Waals surface area contributed by atoms with Gasteiger partial charge in [0.25, 0.3) is 0 Å². The van der Waals surface area contributed by atoms with E-state index in [2.05, 4.69) is 0 Å². The third-order valence-corrected chi connectivity index (χ3v) is 3.81. The van der Waals surface area contributed by atoms with E-state index >= 15 is 0 Å². The van der Waals surface area contributed by atoms with Crippen molar-refractivity contribution in [3.8, 4) is 0 Å². The van der Waals surface area contributed by atoms with Gasteiger partial charge in [0.2, 0.25) is 0 Å². The van der Waals surface area contributed by atoms with Gasteiger partial charge in [0, 0.05) is 5.02 Å². The molecule has 92 valence electrons. The van der Waals surface area contributed by atoms with E-state index in [1.165, 1.54) is 20.0 Å². The maximum Gasteiger partial charge on any atom is 0.313 e. The summed E-state index contributed by atoms with van der Waals surface area (Å²) in [5.41, 5.74) is 1.02. The number of methoxy groups -OCH3 is 1. The summed E-state index contributed by atoms with van der Waals surface area (Å²) in [7, 11) is 1.46. The molecule has 1 atom stereocenters. The van der Waals surface area contributed by atoms with E-state index < -0.39 is 0 Å². The molecule has 17 heavy (non-hydrogen) atoms. The lowest BCUT2D eigenvalue weighted by Gasteiger charge is -2.21. The molecule has 0 N–H and O–H groups in total. The van der Waals surface area contributed by atoms with Crippen LogP contribution in [0.4, 0.5) is 0 Å². The molecule has 0 unspecified atom stereocenters. The third kappa shape index (κ3) is 2.81. The molecule has 1 aromatic rings. The fourth-order valence-corrected chi connectivity index (χ4v) is 2.81. The fourth-order valence-electron chi connectivity index (χ4n) is 2.69. The molecule has 1 saturated carbocycles. The number of halogens is 1. The lowest BCUT2D eigenvalue weighted by Crippen LogP contribution is -2.21. The molecular formula is C14H17ClO2. The van der Waals surface area contributed by atoms with E-state index in [9.17, 15) is 4.79 Å². The Bertz CT molecular complexity index is 380. The van der Waals surface area contributed by atoms with E-state index in [0.717, 1.165) is 18.4 Å². The third-order valence-electron chi connectivity index (χ3n) is 3.56. The Morgan fingerprint density at radius 3 is 2.41 bits per heavy atom. The Balaban J connectivity index is 2.25. The summed E-state index contributed by atoms with van der Waals surface area (Å²) in [4.78, 5) is 11.9. The SMILES string of the molecule is COC(=O)[C@@H](c1ccc(Cl)cc1)C1CCCC1. The fraction of sp³-hybridized carbons (Fsp3) is 0.500. The first-order valence-electron chi connectivity index (χ1n) is 6.05. The lowest BCUT2D eigenvalue weighted by molar-refractivity contribution is -0.143. The Kier molecular flexibility index (Phi) is 4.06. The molecule has 0 amide bonds. The zero-order valence-corrected chi connectivity index (χ0v) is 10.7. The summed E-state index contributed by atoms with van der Waals surface area (Å²) in [5, 5.41) is 0.698. The molecule has 0 heterocycles. The predicted molar refractivity (Wildman–Crippen MR) is 68.2 cm³/mol. The van der Waals surface area contributed by atoms with Crippen LogP contribution in [0.3, 0.4) is 0 Å². The van der Waals surface area contributed by atoms with Crippen LogP contribution in [0.1, 0.15) is 37.2 Å². The van der Waals surface area contributed by atoms with Crippen LogP contribution in [0.5, 0.6) is 0 Å². The van der Waals surface area contributed by atoms with Gasteiger partial charge in [-0.15, -0.1) is 0 Å². The van der Waals surface area contributed by atoms with E-state index in [4.69, 9.17) is 16.3 Å². The molecule has 1 aromatic carbocycles. The van der Waals surface area contributed by atoms with Crippen molar-refractivity contribution >= 4 is 17.6 Å². The molecule has 0 saturated heterocycles. The van der Waals surface area contributed by atoms with Crippen LogP contribution in [-0.4, -0.2) is 13.1 Å². The topological polar surface area (TPSA) is 26.3 Å². The molecule has 1 aliphatic carbocycles. The maximum absolute atomic E-state index is 11.9. The quantitative estimate of drug-likeness (QED) is 0.765. The standard InChI is InChI=1S/C14H17ClO2/c1-17-14(16)13(10-4-2-3-5-10)11-6-8-12(15)9-7-11/h6-10,13H,2-5H2,1H3/t13-/m1/s1. The number of carbonyl (C=O) groups excluding carboxylic acids is 1. The minimum atomic E-state index is -0.126. The molecule has 0 bridgehead atoms. The van der Waals surface area contributed by atoms with Crippen molar-refractivity contribution in [3.63, 3.8) is 0 Å². The second-order valence-corrected chi connectivity index (χ2v) is 5.03. The van der Waals surface area contributed by atoms with Gasteiger partial charge in [-0.3, -0.25) is 4.79 Å². The van der Waals surface area contributed by atoms with E-state index in [1.807, 2.05) is 24.3 Å². The summed E-state index contributed by atoms with van der Waals surface area (Å²) < 4.78 is 4.94. The van der Waals surface area contributed by atoms with Gasteiger partial charge in [-0.2, -0.15) is 0 Å². The number of hydrogen-bond donors (Lipinski definition) is 0. The van der Waals surface area contributed by atoms with Crippen molar-refractivity contribution < 1.29 is 9.53 Å². The van der Waals surface area contributed by atoms with Gasteiger partial charge in [-0.05, 0) is 36.5 Å². The molecule has 2 rings (SSSR count). The maximum atomic E-state index is 11.9. The van der Waals surface area contributed by atoms with Crippen molar-refractivity contribution in [3.05, 3.63) is 34.9 Å². The second-order valence-electron chi connectivity index (χ2n) is 4.60. The Hall–Kier alpha value is -1.02. The number of rotatable bonds is 3. The average molecular weight is 253 g/mol. The first-order chi connectivity index (χ1) is 8.22. The van der Waals surface area contributed by atoms with Crippen LogP contribution in [-0.2, 0) is 9.53 Å². The van der Waals surface area contributed by atoms with E-state index in [1.54, 1.807) is 0 Å². The van der Waals surface area contributed by atoms with Crippen molar-refractivity contribution in [1.29, 1.82) is 0 Å². The van der Waals surface area contributed by atoms with Crippen LogP contribution >= 0.6 is 11.6 Å². The molecule has 0 spiro atoms. The molecular weight excluding hydrogens is 236 g/mol. The molecule has 1 aliphatic rings. The van der Waals surface area contributed by atoms with Crippen LogP contribution in [0, 0.1) is 5.92 Å². The smallest absolute Gasteiger partial charge is 0.313 e. The van der Waals surface area contributed by atoms with Crippen LogP contribution in [0.25, 0.3) is 0 Å². The van der Waals surface area contributed by atoms with E-state index in [0.29, 0.717) is 10.9 Å². The summed E-state index contributed by atoms with van der Waals surface area (Å²) >= 11 is 5.87. The Morgan fingerprint density at radius 1 is 1.29 bits per heavy atom. The van der Waals surface area contributed by atoms with Crippen molar-refractivity contribution in [2.45, 2.75) is 31.6 Å². The summed E-state index contributed by atoms with van der Waals surface area (Å²) in [6, 6.07) is 7.54. The highest BCUT2D eigenvalue weighted by atomic mass is 35.5. The summed E-state index contributed by atoms with van der Waals surface area (Å²) in [6.07, 6.45) is 4.66. The highest BCUT2D eigenvalue weighted by Gasteiger charge is 2.32. The number of benzene rings is 1. The first kappa shape index (κ1) is 12.4. The summed E-state index contributed by atoms with van der Waals surface area (Å²) in [6.45, 7) is 0. The minimum Gasteiger partial charge on any atom is -0.469 e. The largest absolute Gasteiger partial charge is 0.469 e. The number of hydrogen-bond acceptors (Lipinski definition) is 2. The highest BCUT2D eigenvalue weighted by molar-refractivity contribution is 6.30. The van der Waals surface area contributed by atoms with Crippen LogP contribution in [0.2, 0.25) is 5.02 Å². The normalized spacial score (nSPS) is 18.0. The van der Waals surface area contributed by atoms with Crippen molar-refractivity contribution in [1.82, 2.24) is 0 Å². The Labute approximate surface area is 107 Å². The van der Waals surface area contributed by atoms with Crippen LogP contribution in [0.15, 0.2) is 24.3 Å². The van der Waals surface area contributed by atoms with Gasteiger partial charge in [0.05, 0.1) is 13.0 Å². The molecule has 2 nitrogen and oxygen atoms in total. The molecule has 3 heteroatoms. The van der Waals surface area contributed by atoms with Gasteiger partial charge in [0.15, 0.2) is 0 Å². The predicted octanol–water partition coefficient (Wildman–Crippen LogP) is 3.79. The molecule has 1 fully saturated rings. The van der Waals surface area contributed by atoms with Gasteiger partial charge in [-0.25, -0.2) is 0 Å². The molecule has 0 radical (unpaired) electrons. The molecule has 0 aliphatic heterocycles.